The molecule has 0 saturated heterocycles. The average Bonchev–Trinajstić information content (AvgIpc) is 2.98. The van der Waals surface area contributed by atoms with Crippen molar-refractivity contribution in [3.05, 3.63) is 84.3 Å². The van der Waals surface area contributed by atoms with Gasteiger partial charge in [0, 0.05) is 13.1 Å². The number of hydrazine groups is 2. The average molecular weight is 530 g/mol. The molecule has 0 amide bonds. The number of ketones is 1. The van der Waals surface area contributed by atoms with Gasteiger partial charge in [0.25, 0.3) is 0 Å². The number of rotatable bonds is 3. The van der Waals surface area contributed by atoms with Crippen LogP contribution in [0.4, 0.5) is 5.69 Å². The Kier molecular flexibility index (Phi) is 8.83. The van der Waals surface area contributed by atoms with Gasteiger partial charge in [-0.15, -0.1) is 12.1 Å². The van der Waals surface area contributed by atoms with Gasteiger partial charge in [-0.05, 0) is 19.5 Å². The molecule has 2 aromatic rings. The van der Waals surface area contributed by atoms with Crippen LogP contribution < -0.4 is 10.5 Å². The van der Waals surface area contributed by atoms with E-state index in [1.54, 1.807) is 0 Å². The first-order chi connectivity index (χ1) is 12.0. The van der Waals surface area contributed by atoms with Gasteiger partial charge in [0.1, 0.15) is 0 Å². The largest absolute Gasteiger partial charge is 2.00 e. The summed E-state index contributed by atoms with van der Waals surface area (Å²) in [7, 11) is 1.97. The number of carbonyl (C=O) groups is 1. The van der Waals surface area contributed by atoms with Gasteiger partial charge in [-0.2, -0.15) is 29.4 Å². The zero-order chi connectivity index (χ0) is 18.2. The Morgan fingerprint density at radius 2 is 1.77 bits per heavy atom. The molecule has 26 heavy (non-hydrogen) atoms. The molecule has 1 aliphatic heterocycles. The number of nitrogens with one attached hydrogen (secondary N) is 1. The van der Waals surface area contributed by atoms with E-state index in [0.29, 0.717) is 0 Å². The second-order valence-corrected chi connectivity index (χ2v) is 5.47. The first-order valence-electron chi connectivity index (χ1n) is 7.81. The molecular formula is C20H21N3O2Pt. The van der Waals surface area contributed by atoms with Gasteiger partial charge in [0.15, 0.2) is 5.78 Å². The summed E-state index contributed by atoms with van der Waals surface area (Å²) in [5, 5.41) is 12.1. The normalized spacial score (nSPS) is 13.3. The van der Waals surface area contributed by atoms with E-state index in [0.717, 1.165) is 16.9 Å². The second-order valence-electron chi connectivity index (χ2n) is 5.47. The first-order valence-corrected chi connectivity index (χ1v) is 7.81. The second kappa shape index (κ2) is 10.6. The van der Waals surface area contributed by atoms with E-state index < -0.39 is 0 Å². The number of para-hydroxylation sites is 1. The predicted octanol–water partition coefficient (Wildman–Crippen LogP) is 3.49. The summed E-state index contributed by atoms with van der Waals surface area (Å²) in [5.74, 6) is -0.0625. The number of aliphatic hydroxyl groups excluding tert-OH is 1. The summed E-state index contributed by atoms with van der Waals surface area (Å²) < 4.78 is 0. The minimum absolute atomic E-state index is 0. The molecule has 0 fully saturated rings. The van der Waals surface area contributed by atoms with Crippen molar-refractivity contribution in [1.82, 2.24) is 10.5 Å². The van der Waals surface area contributed by atoms with Crippen LogP contribution in [0.25, 0.3) is 5.70 Å². The molecule has 138 valence electrons. The van der Waals surface area contributed by atoms with E-state index >= 15 is 0 Å². The van der Waals surface area contributed by atoms with Crippen LogP contribution in [0, 0.1) is 12.3 Å². The van der Waals surface area contributed by atoms with Gasteiger partial charge in [0.05, 0.1) is 5.76 Å². The molecule has 0 spiro atoms. The number of anilines is 1. The molecule has 0 radical (unpaired) electrons. The molecule has 6 heteroatoms. The molecule has 0 unspecified atom stereocenters. The van der Waals surface area contributed by atoms with Crippen LogP contribution in [0.5, 0.6) is 0 Å². The Balaban J connectivity index is 0.000000366. The summed E-state index contributed by atoms with van der Waals surface area (Å²) in [4.78, 5) is 10.0. The maximum atomic E-state index is 10.0. The van der Waals surface area contributed by atoms with Crippen LogP contribution >= 0.6 is 0 Å². The first kappa shape index (κ1) is 21.7. The molecule has 0 saturated carbocycles. The Hall–Kier alpha value is -2.36. The summed E-state index contributed by atoms with van der Waals surface area (Å²) in [6.45, 7) is 2.85. The molecule has 2 aromatic carbocycles. The SMILES string of the molecule is CC(=O)C=C(C)O.CN1NN(c2[c-]cccc2)[C-]=C1c1ccccc1.[Pt+2]. The molecule has 2 N–H and O–H groups in total. The van der Waals surface area contributed by atoms with Crippen molar-refractivity contribution in [2.45, 2.75) is 13.8 Å². The van der Waals surface area contributed by atoms with E-state index in [2.05, 4.69) is 29.9 Å². The van der Waals surface area contributed by atoms with Crippen molar-refractivity contribution in [2.24, 2.45) is 0 Å². The molecule has 1 aliphatic rings. The number of benzene rings is 2. The van der Waals surface area contributed by atoms with Gasteiger partial charge in [-0.3, -0.25) is 4.79 Å². The number of hydrogen-bond donors (Lipinski definition) is 2. The maximum Gasteiger partial charge on any atom is 2.00 e. The Labute approximate surface area is 168 Å². The van der Waals surface area contributed by atoms with Crippen molar-refractivity contribution in [2.75, 3.05) is 12.1 Å². The summed E-state index contributed by atoms with van der Waals surface area (Å²) in [5.41, 5.74) is 6.28. The molecule has 0 bridgehead atoms. The summed E-state index contributed by atoms with van der Waals surface area (Å²) >= 11 is 0. The maximum absolute atomic E-state index is 10.0. The van der Waals surface area contributed by atoms with E-state index in [9.17, 15) is 4.79 Å². The van der Waals surface area contributed by atoms with E-state index in [4.69, 9.17) is 5.11 Å². The van der Waals surface area contributed by atoms with Crippen LogP contribution in [0.15, 0.2) is 66.4 Å². The van der Waals surface area contributed by atoms with E-state index in [-0.39, 0.29) is 32.6 Å². The third kappa shape index (κ3) is 6.51. The Morgan fingerprint density at radius 3 is 2.27 bits per heavy atom. The molecule has 1 heterocycles. The van der Waals surface area contributed by atoms with E-state index in [1.807, 2.05) is 59.5 Å². The fourth-order valence-corrected chi connectivity index (χ4v) is 2.19. The van der Waals surface area contributed by atoms with Gasteiger partial charge >= 0.3 is 21.1 Å². The number of carbonyl (C=O) groups excluding carboxylic acids is 1. The van der Waals surface area contributed by atoms with Crippen LogP contribution in [-0.4, -0.2) is 22.9 Å². The van der Waals surface area contributed by atoms with Gasteiger partial charge in [0.2, 0.25) is 0 Å². The third-order valence-corrected chi connectivity index (χ3v) is 3.20. The smallest absolute Gasteiger partial charge is 0.512 e. The number of allylic oxidation sites excluding steroid dienone is 2. The zero-order valence-corrected chi connectivity index (χ0v) is 17.1. The van der Waals surface area contributed by atoms with Gasteiger partial charge in [-0.1, -0.05) is 30.0 Å². The minimum atomic E-state index is -0.125. The van der Waals surface area contributed by atoms with Crippen molar-refractivity contribution in [3.63, 3.8) is 0 Å². The zero-order valence-electron chi connectivity index (χ0n) is 14.8. The van der Waals surface area contributed by atoms with Gasteiger partial charge in [-0.25, -0.2) is 12.1 Å². The fourth-order valence-electron chi connectivity index (χ4n) is 2.19. The summed E-state index contributed by atoms with van der Waals surface area (Å²) in [6, 6.07) is 21.2. The molecule has 3 rings (SSSR count). The quantitative estimate of drug-likeness (QED) is 0.362. The van der Waals surface area contributed by atoms with Crippen LogP contribution in [-0.2, 0) is 25.9 Å². The van der Waals surface area contributed by atoms with Crippen LogP contribution in [0.3, 0.4) is 0 Å². The standard InChI is InChI=1S/C15H13N3.C5H8O2.Pt/c1-17-15(13-8-4-2-5-9-13)12-18(16-17)14-10-6-3-7-11-14;1-4(6)3-5(2)7;/h2-10,16H,1H3;3,6H,1-2H3;/q-2;;+2. The van der Waals surface area contributed by atoms with Crippen LogP contribution in [0.1, 0.15) is 19.4 Å². The van der Waals surface area contributed by atoms with Crippen molar-refractivity contribution < 1.29 is 31.0 Å². The fraction of sp³-hybridized carbons (Fsp3) is 0.150. The number of hydrogen-bond acceptors (Lipinski definition) is 5. The minimum Gasteiger partial charge on any atom is -0.512 e. The van der Waals surface area contributed by atoms with Gasteiger partial charge < -0.3 is 15.1 Å². The van der Waals surface area contributed by atoms with E-state index in [1.165, 1.54) is 19.9 Å². The molecule has 0 aliphatic carbocycles. The summed E-state index contributed by atoms with van der Waals surface area (Å²) in [6.07, 6.45) is 4.47. The molecule has 0 aromatic heterocycles. The number of aliphatic hydroxyl groups is 1. The predicted molar refractivity (Wildman–Crippen MR) is 98.8 cm³/mol. The van der Waals surface area contributed by atoms with Crippen molar-refractivity contribution >= 4 is 17.2 Å². The Morgan fingerprint density at radius 1 is 1.12 bits per heavy atom. The number of nitrogens with zero attached hydrogens (tertiary/aromatic N) is 2. The molecular weight excluding hydrogens is 509 g/mol. The Bertz CT molecular complexity index is 757. The van der Waals surface area contributed by atoms with Crippen molar-refractivity contribution in [3.8, 4) is 0 Å². The third-order valence-electron chi connectivity index (χ3n) is 3.20. The molecule has 0 atom stereocenters. The van der Waals surface area contributed by atoms with Crippen molar-refractivity contribution in [1.29, 1.82) is 0 Å². The topological polar surface area (TPSA) is 55.8 Å². The molecule has 5 nitrogen and oxygen atoms in total. The monoisotopic (exact) mass is 530 g/mol. The van der Waals surface area contributed by atoms with Crippen LogP contribution in [0.2, 0.25) is 0 Å².